The Kier molecular flexibility index (Phi) is 3.16. The fourth-order valence-electron chi connectivity index (χ4n) is 1.91. The zero-order valence-corrected chi connectivity index (χ0v) is 9.96. The maximum atomic E-state index is 13.2. The lowest BCUT2D eigenvalue weighted by Crippen LogP contribution is -2.38. The molecule has 0 spiro atoms. The number of carboxylic acids is 1. The molecule has 0 aromatic heterocycles. The number of carbonyl (C=O) groups excluding carboxylic acids is 2. The lowest BCUT2D eigenvalue weighted by molar-refractivity contribution is -0.153. The van der Waals surface area contributed by atoms with Crippen LogP contribution in [0.1, 0.15) is 17.2 Å². The van der Waals surface area contributed by atoms with Crippen LogP contribution in [0.15, 0.2) is 30.4 Å². The van der Waals surface area contributed by atoms with Gasteiger partial charge in [0.05, 0.1) is 0 Å². The number of rotatable bonds is 3. The van der Waals surface area contributed by atoms with Crippen LogP contribution in [0, 0.1) is 12.7 Å². The molecule has 0 saturated carbocycles. The van der Waals surface area contributed by atoms with Gasteiger partial charge in [-0.3, -0.25) is 14.5 Å². The highest BCUT2D eigenvalue weighted by Crippen LogP contribution is 2.26. The summed E-state index contributed by atoms with van der Waals surface area (Å²) in [5.74, 6) is -3.22. The van der Waals surface area contributed by atoms with Crippen LogP contribution in [-0.2, 0) is 14.4 Å². The molecule has 2 rings (SSSR count). The van der Waals surface area contributed by atoms with Gasteiger partial charge < -0.3 is 5.11 Å². The smallest absolute Gasteiger partial charge is 0.331 e. The number of nitrogens with zero attached hydrogens (tertiary/aromatic N) is 1. The van der Waals surface area contributed by atoms with E-state index >= 15 is 0 Å². The second-order valence-electron chi connectivity index (χ2n) is 4.13. The third-order valence-corrected chi connectivity index (χ3v) is 2.83. The molecular formula is C13H10FNO4. The maximum absolute atomic E-state index is 13.2. The lowest BCUT2D eigenvalue weighted by atomic mass is 10.0. The number of hydrogen-bond acceptors (Lipinski definition) is 3. The van der Waals surface area contributed by atoms with E-state index in [1.165, 1.54) is 19.1 Å². The van der Waals surface area contributed by atoms with Gasteiger partial charge >= 0.3 is 5.97 Å². The summed E-state index contributed by atoms with van der Waals surface area (Å²) in [4.78, 5) is 35.0. The lowest BCUT2D eigenvalue weighted by Gasteiger charge is -2.23. The Morgan fingerprint density at radius 1 is 1.26 bits per heavy atom. The number of imide groups is 1. The molecule has 0 aliphatic carbocycles. The molecule has 1 aliphatic heterocycles. The molecule has 1 aromatic carbocycles. The molecule has 0 radical (unpaired) electrons. The molecule has 0 saturated heterocycles. The first-order valence-corrected chi connectivity index (χ1v) is 5.46. The van der Waals surface area contributed by atoms with Gasteiger partial charge in [0.1, 0.15) is 5.82 Å². The van der Waals surface area contributed by atoms with Crippen molar-refractivity contribution in [2.24, 2.45) is 0 Å². The Morgan fingerprint density at radius 2 is 1.84 bits per heavy atom. The number of halogens is 1. The number of benzene rings is 1. The summed E-state index contributed by atoms with van der Waals surface area (Å²) in [5.41, 5.74) is 0.424. The number of hydrogen-bond donors (Lipinski definition) is 1. The molecule has 1 atom stereocenters. The highest BCUT2D eigenvalue weighted by atomic mass is 19.1. The van der Waals surface area contributed by atoms with Crippen LogP contribution in [0.2, 0.25) is 0 Å². The summed E-state index contributed by atoms with van der Waals surface area (Å²) in [7, 11) is 0. The summed E-state index contributed by atoms with van der Waals surface area (Å²) in [6, 6.07) is 2.22. The van der Waals surface area contributed by atoms with Crippen LogP contribution in [0.5, 0.6) is 0 Å². The monoisotopic (exact) mass is 263 g/mol. The Balaban J connectivity index is 2.46. The van der Waals surface area contributed by atoms with Gasteiger partial charge in [0, 0.05) is 12.2 Å². The molecule has 1 aliphatic rings. The normalized spacial score (nSPS) is 16.0. The largest absolute Gasteiger partial charge is 0.479 e. The van der Waals surface area contributed by atoms with Crippen molar-refractivity contribution in [1.29, 1.82) is 0 Å². The van der Waals surface area contributed by atoms with Gasteiger partial charge in [-0.15, -0.1) is 0 Å². The quantitative estimate of drug-likeness (QED) is 0.831. The zero-order chi connectivity index (χ0) is 14.2. The fraction of sp³-hybridized carbons (Fsp3) is 0.154. The second-order valence-corrected chi connectivity index (χ2v) is 4.13. The first-order chi connectivity index (χ1) is 8.91. The summed E-state index contributed by atoms with van der Waals surface area (Å²) < 4.78 is 13.2. The van der Waals surface area contributed by atoms with Gasteiger partial charge in [-0.05, 0) is 24.1 Å². The molecular weight excluding hydrogens is 253 g/mol. The molecule has 2 amide bonds. The summed E-state index contributed by atoms with van der Waals surface area (Å²) in [6.07, 6.45) is 2.02. The van der Waals surface area contributed by atoms with Crippen LogP contribution in [0.3, 0.4) is 0 Å². The Hall–Kier alpha value is -2.50. The minimum atomic E-state index is -1.45. The summed E-state index contributed by atoms with van der Waals surface area (Å²) in [5, 5.41) is 9.22. The van der Waals surface area contributed by atoms with E-state index in [1.54, 1.807) is 0 Å². The Bertz CT molecular complexity index is 591. The average molecular weight is 263 g/mol. The molecule has 0 bridgehead atoms. The van der Waals surface area contributed by atoms with Crippen molar-refractivity contribution >= 4 is 17.8 Å². The van der Waals surface area contributed by atoms with Gasteiger partial charge in [-0.1, -0.05) is 12.1 Å². The SMILES string of the molecule is Cc1cc(C(C(=O)O)N2C(=O)C=CC2=O)ccc1F. The van der Waals surface area contributed by atoms with Crippen molar-refractivity contribution in [2.45, 2.75) is 13.0 Å². The Morgan fingerprint density at radius 3 is 2.32 bits per heavy atom. The molecule has 6 heteroatoms. The molecule has 98 valence electrons. The van der Waals surface area contributed by atoms with Crippen molar-refractivity contribution in [2.75, 3.05) is 0 Å². The van der Waals surface area contributed by atoms with Crippen molar-refractivity contribution in [3.05, 3.63) is 47.3 Å². The average Bonchev–Trinajstić information content (AvgIpc) is 2.65. The highest BCUT2D eigenvalue weighted by molar-refractivity contribution is 6.14. The summed E-state index contributed by atoms with van der Waals surface area (Å²) in [6.45, 7) is 1.48. The number of aryl methyl sites for hydroxylation is 1. The molecule has 1 heterocycles. The summed E-state index contributed by atoms with van der Waals surface area (Å²) >= 11 is 0. The predicted molar refractivity (Wildman–Crippen MR) is 62.5 cm³/mol. The minimum absolute atomic E-state index is 0.178. The third kappa shape index (κ3) is 2.24. The minimum Gasteiger partial charge on any atom is -0.479 e. The highest BCUT2D eigenvalue weighted by Gasteiger charge is 2.37. The predicted octanol–water partition coefficient (Wildman–Crippen LogP) is 1.18. The molecule has 1 aromatic rings. The van der Waals surface area contributed by atoms with Crippen LogP contribution in [0.25, 0.3) is 0 Å². The van der Waals surface area contributed by atoms with Crippen LogP contribution in [-0.4, -0.2) is 27.8 Å². The van der Waals surface area contributed by atoms with Crippen molar-refractivity contribution in [1.82, 2.24) is 4.90 Å². The molecule has 0 fully saturated rings. The van der Waals surface area contributed by atoms with Crippen LogP contribution in [0.4, 0.5) is 4.39 Å². The first kappa shape index (κ1) is 12.9. The number of carbonyl (C=O) groups is 3. The number of amides is 2. The van der Waals surface area contributed by atoms with E-state index in [9.17, 15) is 23.9 Å². The zero-order valence-electron chi connectivity index (χ0n) is 9.96. The molecule has 19 heavy (non-hydrogen) atoms. The van der Waals surface area contributed by atoms with Gasteiger partial charge in [-0.25, -0.2) is 9.18 Å². The first-order valence-electron chi connectivity index (χ1n) is 5.46. The van der Waals surface area contributed by atoms with E-state index in [-0.39, 0.29) is 11.1 Å². The van der Waals surface area contributed by atoms with Crippen LogP contribution >= 0.6 is 0 Å². The standard InChI is InChI=1S/C13H10FNO4/c1-7-6-8(2-3-9(7)14)12(13(18)19)15-10(16)4-5-11(15)17/h2-6,12H,1H3,(H,18,19). The topological polar surface area (TPSA) is 74.7 Å². The Labute approximate surface area is 107 Å². The van der Waals surface area contributed by atoms with Crippen molar-refractivity contribution < 1.29 is 23.9 Å². The van der Waals surface area contributed by atoms with Crippen molar-refractivity contribution in [3.63, 3.8) is 0 Å². The van der Waals surface area contributed by atoms with Crippen LogP contribution < -0.4 is 0 Å². The van der Waals surface area contributed by atoms with E-state index in [0.29, 0.717) is 4.90 Å². The number of aliphatic carboxylic acids is 1. The molecule has 1 unspecified atom stereocenters. The third-order valence-electron chi connectivity index (χ3n) is 2.83. The van der Waals surface area contributed by atoms with Gasteiger partial charge in [0.15, 0.2) is 6.04 Å². The number of carboxylic acid groups (broad SMARTS) is 1. The van der Waals surface area contributed by atoms with Gasteiger partial charge in [0.2, 0.25) is 0 Å². The molecule has 1 N–H and O–H groups in total. The van der Waals surface area contributed by atoms with E-state index in [2.05, 4.69) is 0 Å². The fourth-order valence-corrected chi connectivity index (χ4v) is 1.91. The van der Waals surface area contributed by atoms with Gasteiger partial charge in [-0.2, -0.15) is 0 Å². The molecule has 5 nitrogen and oxygen atoms in total. The van der Waals surface area contributed by atoms with E-state index in [1.807, 2.05) is 0 Å². The van der Waals surface area contributed by atoms with Gasteiger partial charge in [0.25, 0.3) is 11.8 Å². The maximum Gasteiger partial charge on any atom is 0.331 e. The van der Waals surface area contributed by atoms with E-state index in [4.69, 9.17) is 0 Å². The van der Waals surface area contributed by atoms with E-state index in [0.717, 1.165) is 18.2 Å². The van der Waals surface area contributed by atoms with E-state index < -0.39 is 29.6 Å². The van der Waals surface area contributed by atoms with Crippen molar-refractivity contribution in [3.8, 4) is 0 Å². The second kappa shape index (κ2) is 4.64.